The molecule has 4 rings (SSSR count). The number of esters is 1. The summed E-state index contributed by atoms with van der Waals surface area (Å²) in [6, 6.07) is 17.3. The first-order chi connectivity index (χ1) is 19.8. The Morgan fingerprint density at radius 2 is 1.78 bits per heavy atom. The van der Waals surface area contributed by atoms with Crippen LogP contribution in [0.4, 0.5) is 0 Å². The van der Waals surface area contributed by atoms with E-state index in [1.54, 1.807) is 30.3 Å². The lowest BCUT2D eigenvalue weighted by atomic mass is 9.83. The van der Waals surface area contributed by atoms with Crippen molar-refractivity contribution in [2.45, 2.75) is 39.0 Å². The van der Waals surface area contributed by atoms with Gasteiger partial charge in [-0.15, -0.1) is 0 Å². The molecule has 214 valence electrons. The Morgan fingerprint density at radius 3 is 2.51 bits per heavy atom. The van der Waals surface area contributed by atoms with E-state index in [1.165, 1.54) is 6.07 Å². The van der Waals surface area contributed by atoms with Crippen molar-refractivity contribution in [2.24, 2.45) is 5.73 Å². The third-order valence-corrected chi connectivity index (χ3v) is 6.80. The van der Waals surface area contributed by atoms with Gasteiger partial charge in [0.2, 0.25) is 5.88 Å². The first-order valence-electron chi connectivity index (χ1n) is 13.2. The second kappa shape index (κ2) is 14.0. The average molecular weight is 597 g/mol. The number of hydrogen-bond acceptors (Lipinski definition) is 8. The van der Waals surface area contributed by atoms with Gasteiger partial charge < -0.3 is 29.4 Å². The van der Waals surface area contributed by atoms with Gasteiger partial charge in [-0.3, -0.25) is 0 Å². The molecule has 3 aromatic rings. The van der Waals surface area contributed by atoms with Crippen LogP contribution in [0.25, 0.3) is 0 Å². The smallest absolute Gasteiger partial charge is 0.349 e. The molecule has 0 saturated heterocycles. The van der Waals surface area contributed by atoms with Gasteiger partial charge in [0, 0.05) is 16.7 Å². The lowest BCUT2D eigenvalue weighted by Gasteiger charge is -2.27. The van der Waals surface area contributed by atoms with Gasteiger partial charge in [-0.25, -0.2) is 4.79 Å². The molecule has 0 amide bonds. The van der Waals surface area contributed by atoms with Crippen LogP contribution in [0.15, 0.2) is 66.1 Å². The van der Waals surface area contributed by atoms with E-state index in [-0.39, 0.29) is 28.8 Å². The predicted octanol–water partition coefficient (Wildman–Crippen LogP) is 7.16. The molecule has 3 aromatic carbocycles. The Kier molecular flexibility index (Phi) is 10.2. The Hall–Kier alpha value is -4.06. The molecule has 10 heteroatoms. The van der Waals surface area contributed by atoms with Crippen molar-refractivity contribution < 1.29 is 28.5 Å². The molecule has 0 bridgehead atoms. The SMILES string of the molecule is CCCCCOc1ccc(C2C(C#N)=C(N)Oc3cc(OC(=O)COc4ccc(Cl)cc4Cl)ccc32)cc1OCC. The molecule has 0 saturated carbocycles. The van der Waals surface area contributed by atoms with Crippen LogP contribution in [0.1, 0.15) is 50.2 Å². The van der Waals surface area contributed by atoms with Crippen molar-refractivity contribution in [2.75, 3.05) is 19.8 Å². The summed E-state index contributed by atoms with van der Waals surface area (Å²) in [6.07, 6.45) is 3.13. The van der Waals surface area contributed by atoms with E-state index >= 15 is 0 Å². The number of fused-ring (bicyclic) bond motifs is 1. The topological polar surface area (TPSA) is 113 Å². The monoisotopic (exact) mass is 596 g/mol. The summed E-state index contributed by atoms with van der Waals surface area (Å²) >= 11 is 12.0. The Morgan fingerprint density at radius 1 is 0.976 bits per heavy atom. The number of hydrogen-bond donors (Lipinski definition) is 1. The van der Waals surface area contributed by atoms with Crippen LogP contribution in [0.5, 0.6) is 28.7 Å². The summed E-state index contributed by atoms with van der Waals surface area (Å²) in [4.78, 5) is 12.5. The van der Waals surface area contributed by atoms with Crippen LogP contribution in [-0.4, -0.2) is 25.8 Å². The molecular formula is C31H30Cl2N2O6. The Balaban J connectivity index is 1.55. The van der Waals surface area contributed by atoms with Crippen LogP contribution >= 0.6 is 23.2 Å². The van der Waals surface area contributed by atoms with Crippen molar-refractivity contribution in [3.8, 4) is 34.8 Å². The molecule has 0 aliphatic carbocycles. The zero-order valence-corrected chi connectivity index (χ0v) is 24.3. The van der Waals surface area contributed by atoms with Crippen molar-refractivity contribution in [3.63, 3.8) is 0 Å². The third-order valence-electron chi connectivity index (χ3n) is 6.27. The lowest BCUT2D eigenvalue weighted by Crippen LogP contribution is -2.22. The molecule has 0 fully saturated rings. The fourth-order valence-corrected chi connectivity index (χ4v) is 4.82. The summed E-state index contributed by atoms with van der Waals surface area (Å²) in [5.41, 5.74) is 7.88. The maximum absolute atomic E-state index is 12.5. The van der Waals surface area contributed by atoms with Gasteiger partial charge in [-0.1, -0.05) is 55.1 Å². The predicted molar refractivity (Wildman–Crippen MR) is 156 cm³/mol. The quantitative estimate of drug-likeness (QED) is 0.133. The summed E-state index contributed by atoms with van der Waals surface area (Å²) < 4.78 is 28.5. The maximum atomic E-state index is 12.5. The molecule has 41 heavy (non-hydrogen) atoms. The normalized spacial score (nSPS) is 14.0. The molecule has 1 atom stereocenters. The Bertz CT molecular complexity index is 1480. The van der Waals surface area contributed by atoms with Crippen molar-refractivity contribution in [1.29, 1.82) is 5.26 Å². The van der Waals surface area contributed by atoms with Crippen LogP contribution in [0.3, 0.4) is 0 Å². The van der Waals surface area contributed by atoms with E-state index in [0.29, 0.717) is 46.8 Å². The number of unbranched alkanes of at least 4 members (excludes halogenated alkanes) is 2. The van der Waals surface area contributed by atoms with E-state index in [0.717, 1.165) is 24.8 Å². The first-order valence-corrected chi connectivity index (χ1v) is 14.0. The average Bonchev–Trinajstić information content (AvgIpc) is 2.95. The number of halogens is 2. The van der Waals surface area contributed by atoms with Crippen LogP contribution < -0.4 is 29.4 Å². The maximum Gasteiger partial charge on any atom is 0.349 e. The second-order valence-electron chi connectivity index (χ2n) is 9.16. The minimum Gasteiger partial charge on any atom is -0.490 e. The minimum atomic E-state index is -0.652. The molecule has 8 nitrogen and oxygen atoms in total. The summed E-state index contributed by atoms with van der Waals surface area (Å²) in [5.74, 6) is 0.879. The second-order valence-corrected chi connectivity index (χ2v) is 10.0. The van der Waals surface area contributed by atoms with Crippen LogP contribution in [-0.2, 0) is 4.79 Å². The van der Waals surface area contributed by atoms with E-state index in [2.05, 4.69) is 13.0 Å². The summed E-state index contributed by atoms with van der Waals surface area (Å²) in [5, 5.41) is 10.7. The third kappa shape index (κ3) is 7.37. The molecule has 1 unspecified atom stereocenters. The fourth-order valence-electron chi connectivity index (χ4n) is 4.36. The van der Waals surface area contributed by atoms with Gasteiger partial charge in [0.1, 0.15) is 28.9 Å². The summed E-state index contributed by atoms with van der Waals surface area (Å²) in [7, 11) is 0. The van der Waals surface area contributed by atoms with Crippen molar-refractivity contribution >= 4 is 29.2 Å². The number of benzene rings is 3. The van der Waals surface area contributed by atoms with E-state index in [4.69, 9.17) is 52.6 Å². The number of nitrogens with two attached hydrogens (primary N) is 1. The number of nitrogens with zero attached hydrogens (tertiary/aromatic N) is 1. The molecule has 1 aliphatic heterocycles. The first kappa shape index (κ1) is 29.9. The number of nitriles is 1. The standard InChI is InChI=1S/C31H30Cl2N2O6/c1-3-5-6-13-38-26-11-7-19(14-28(26)37-4-2)30-22-10-9-21(16-27(22)41-31(35)23(30)17-34)40-29(36)18-39-25-12-8-20(32)15-24(25)33/h7-12,14-16,30H,3-6,13,18,35H2,1-2H3. The highest BCUT2D eigenvalue weighted by atomic mass is 35.5. The highest BCUT2D eigenvalue weighted by Gasteiger charge is 2.32. The molecule has 0 aromatic heterocycles. The molecule has 0 spiro atoms. The lowest BCUT2D eigenvalue weighted by molar-refractivity contribution is -0.136. The number of ether oxygens (including phenoxy) is 5. The Labute approximate surface area is 249 Å². The van der Waals surface area contributed by atoms with E-state index in [9.17, 15) is 10.1 Å². The van der Waals surface area contributed by atoms with Crippen molar-refractivity contribution in [3.05, 3.63) is 87.2 Å². The summed E-state index contributed by atoms with van der Waals surface area (Å²) in [6.45, 7) is 4.69. The zero-order chi connectivity index (χ0) is 29.4. The van der Waals surface area contributed by atoms with Gasteiger partial charge in [0.05, 0.1) is 24.2 Å². The minimum absolute atomic E-state index is 0.0351. The van der Waals surface area contributed by atoms with Gasteiger partial charge in [-0.05, 0) is 55.3 Å². The molecule has 1 heterocycles. The molecule has 1 aliphatic rings. The zero-order valence-electron chi connectivity index (χ0n) is 22.7. The highest BCUT2D eigenvalue weighted by Crippen LogP contribution is 2.45. The van der Waals surface area contributed by atoms with Gasteiger partial charge >= 0.3 is 5.97 Å². The van der Waals surface area contributed by atoms with Crippen LogP contribution in [0.2, 0.25) is 10.0 Å². The largest absolute Gasteiger partial charge is 0.490 e. The number of carbonyl (C=O) groups excluding carboxylic acids is 1. The van der Waals surface area contributed by atoms with Gasteiger partial charge in [-0.2, -0.15) is 5.26 Å². The van der Waals surface area contributed by atoms with Gasteiger partial charge in [0.25, 0.3) is 0 Å². The van der Waals surface area contributed by atoms with E-state index < -0.39 is 11.9 Å². The highest BCUT2D eigenvalue weighted by molar-refractivity contribution is 6.35. The number of allylic oxidation sites excluding steroid dienone is 1. The number of rotatable bonds is 12. The van der Waals surface area contributed by atoms with E-state index in [1.807, 2.05) is 25.1 Å². The molecular weight excluding hydrogens is 567 g/mol. The number of carbonyl (C=O) groups is 1. The van der Waals surface area contributed by atoms with Crippen LogP contribution in [0, 0.1) is 11.3 Å². The molecule has 2 N–H and O–H groups in total. The van der Waals surface area contributed by atoms with Crippen molar-refractivity contribution in [1.82, 2.24) is 0 Å². The van der Waals surface area contributed by atoms with Gasteiger partial charge in [0.15, 0.2) is 18.1 Å². The fraction of sp³-hybridized carbons (Fsp3) is 0.290. The molecule has 0 radical (unpaired) electrons.